The van der Waals surface area contributed by atoms with Crippen molar-refractivity contribution in [3.8, 4) is 0 Å². The topological polar surface area (TPSA) is 198 Å². The van der Waals surface area contributed by atoms with Gasteiger partial charge in [0.05, 0.1) is 0 Å². The third kappa shape index (κ3) is 1010. The molecule has 0 aliphatic rings. The molecule has 12 N–H and O–H groups in total. The molecule has 0 heterocycles. The molecular weight excluding hydrogens is 112 g/mol. The minimum absolute atomic E-state index is 0. The first-order valence-electron chi connectivity index (χ1n) is 0.200. The molecule has 7 nitrogen and oxygen atoms in total. The van der Waals surface area contributed by atoms with Crippen LogP contribution in [0.3, 0.4) is 0 Å². The van der Waals surface area contributed by atoms with Crippen molar-refractivity contribution >= 4 is 0 Å². The molecule has 0 aromatic carbocycles. The van der Waals surface area contributed by atoms with Crippen LogP contribution in [0.25, 0.3) is 0 Å². The van der Waals surface area contributed by atoms with E-state index in [-0.39, 0.29) is 27.4 Å². The molecule has 0 aliphatic heterocycles. The van der Waals surface area contributed by atoms with Crippen LogP contribution in [0, 0.1) is 0 Å². The van der Waals surface area contributed by atoms with Crippen molar-refractivity contribution in [2.24, 2.45) is 0 Å². The van der Waals surface area contributed by atoms with Crippen molar-refractivity contribution < 1.29 is 37.9 Å². The molecule has 7 heteroatoms. The predicted octanol–water partition coefficient (Wildman–Crippen LogP) is -4.11. The normalized spacial score (nSPS) is 0.857. The SMILES string of the molecule is O.O.O.O.O.OO. The van der Waals surface area contributed by atoms with Gasteiger partial charge in [0.1, 0.15) is 0 Å². The lowest BCUT2D eigenvalue weighted by Crippen LogP contribution is -1.29. The van der Waals surface area contributed by atoms with Gasteiger partial charge in [-0.15, -0.1) is 0 Å². The molecule has 0 aromatic heterocycles. The Bertz CT molecular complexity index is 0. The Balaban J connectivity index is -0.000000000500. The molecule has 0 unspecified atom stereocenters. The highest BCUT2D eigenvalue weighted by Gasteiger charge is 0.745. The third-order valence-electron chi connectivity index (χ3n) is 0. The summed E-state index contributed by atoms with van der Waals surface area (Å²) in [6.45, 7) is 0. The van der Waals surface area contributed by atoms with Crippen LogP contribution in [-0.4, -0.2) is 37.9 Å². The van der Waals surface area contributed by atoms with Gasteiger partial charge in [0.15, 0.2) is 0 Å². The van der Waals surface area contributed by atoms with E-state index in [0.29, 0.717) is 0 Å². The van der Waals surface area contributed by atoms with E-state index >= 15 is 0 Å². The van der Waals surface area contributed by atoms with Gasteiger partial charge in [-0.2, -0.15) is 0 Å². The summed E-state index contributed by atoms with van der Waals surface area (Å²) in [6, 6.07) is 0. The third-order valence-corrected chi connectivity index (χ3v) is 0. The lowest BCUT2D eigenvalue weighted by atomic mass is 15.0. The Morgan fingerprint density at radius 2 is 0.429 bits per heavy atom. The minimum Gasteiger partial charge on any atom is -0.412 e. The van der Waals surface area contributed by atoms with Crippen molar-refractivity contribution in [2.75, 3.05) is 0 Å². The average molecular weight is 124 g/mol. The second kappa shape index (κ2) is 1630. The maximum Gasteiger partial charge on any atom is -0.255 e. The highest BCUT2D eigenvalue weighted by molar-refractivity contribution is 1.82. The van der Waals surface area contributed by atoms with E-state index < -0.39 is 0 Å². The van der Waals surface area contributed by atoms with Crippen molar-refractivity contribution in [1.82, 2.24) is 0 Å². The molecular formula is H12O7. The van der Waals surface area contributed by atoms with Crippen molar-refractivity contribution in [3.05, 3.63) is 0 Å². The van der Waals surface area contributed by atoms with Crippen LogP contribution >= 0.6 is 0 Å². The van der Waals surface area contributed by atoms with Gasteiger partial charge < -0.3 is 27.4 Å². The Hall–Kier alpha value is -0.280. The van der Waals surface area contributed by atoms with E-state index in [1.54, 1.807) is 0 Å². The summed E-state index contributed by atoms with van der Waals surface area (Å²) >= 11 is 0. The van der Waals surface area contributed by atoms with Crippen LogP contribution in [0.1, 0.15) is 0 Å². The summed E-state index contributed by atoms with van der Waals surface area (Å²) in [7, 11) is 0. The zero-order valence-corrected chi connectivity index (χ0v) is 3.39. The molecule has 0 rings (SSSR count). The van der Waals surface area contributed by atoms with Crippen molar-refractivity contribution in [2.45, 2.75) is 0 Å². The van der Waals surface area contributed by atoms with Crippen LogP contribution < -0.4 is 0 Å². The van der Waals surface area contributed by atoms with Crippen LogP contribution in [0.5, 0.6) is 0 Å². The molecule has 0 spiro atoms. The summed E-state index contributed by atoms with van der Waals surface area (Å²) in [5.41, 5.74) is 0. The highest BCUT2D eigenvalue weighted by atomic mass is 17.0. The van der Waals surface area contributed by atoms with Crippen molar-refractivity contribution in [3.63, 3.8) is 0 Å². The van der Waals surface area contributed by atoms with E-state index in [1.807, 2.05) is 0 Å². The molecule has 0 amide bonds. The number of hydrogen-bond acceptors (Lipinski definition) is 2. The maximum absolute atomic E-state index is 6.00. The van der Waals surface area contributed by atoms with Gasteiger partial charge in [0.2, 0.25) is 0 Å². The molecule has 0 aromatic rings. The first-order chi connectivity index (χ1) is 1.00. The van der Waals surface area contributed by atoms with Gasteiger partial charge in [0, 0.05) is 0 Å². The smallest absolute Gasteiger partial charge is 0.255 e. The van der Waals surface area contributed by atoms with Crippen molar-refractivity contribution in [1.29, 1.82) is 0 Å². The lowest BCUT2D eigenvalue weighted by molar-refractivity contribution is -0.176. The zero-order valence-electron chi connectivity index (χ0n) is 3.39. The predicted molar refractivity (Wildman–Crippen MR) is 23.3 cm³/mol. The molecule has 7 heavy (non-hydrogen) atoms. The fourth-order valence-electron chi connectivity index (χ4n) is 0. The number of hydrogen-bond donors (Lipinski definition) is 2. The molecule has 0 atom stereocenters. The second-order valence-corrected chi connectivity index (χ2v) is 0. The Kier molecular flexibility index (Phi) is 98500. The molecule has 0 fully saturated rings. The number of rotatable bonds is 0. The van der Waals surface area contributed by atoms with Gasteiger partial charge in [-0.25, -0.2) is 0 Å². The minimum atomic E-state index is 0. The fraction of sp³-hybridized carbons (Fsp3) is 0. The summed E-state index contributed by atoms with van der Waals surface area (Å²) < 4.78 is 0. The first-order valence-corrected chi connectivity index (χ1v) is 0.200. The summed E-state index contributed by atoms with van der Waals surface area (Å²) in [4.78, 5) is 0. The highest BCUT2D eigenvalue weighted by Crippen LogP contribution is 0.711. The van der Waals surface area contributed by atoms with E-state index in [9.17, 15) is 0 Å². The lowest BCUT2D eigenvalue weighted by Gasteiger charge is -1.25. The molecule has 0 bridgehead atoms. The zero-order chi connectivity index (χ0) is 2.00. The van der Waals surface area contributed by atoms with E-state index in [2.05, 4.69) is 0 Å². The Labute approximate surface area is 39.3 Å². The molecule has 0 saturated carbocycles. The monoisotopic (exact) mass is 124 g/mol. The van der Waals surface area contributed by atoms with Gasteiger partial charge in [-0.1, -0.05) is 0 Å². The molecule has 0 saturated heterocycles. The van der Waals surface area contributed by atoms with E-state index in [4.69, 9.17) is 10.5 Å². The average Bonchev–Trinajstić information content (AvgIpc) is 1.00. The first kappa shape index (κ1) is 424. The standard InChI is InChI=1S/H2O2.5H2O/c1-2;;;;;/h1-2H;5*1H2. The van der Waals surface area contributed by atoms with Gasteiger partial charge in [-0.05, 0) is 0 Å². The molecule has 0 aliphatic carbocycles. The van der Waals surface area contributed by atoms with Crippen LogP contribution in [-0.2, 0) is 0 Å². The quantitative estimate of drug-likeness (QED) is 0.244. The van der Waals surface area contributed by atoms with Crippen LogP contribution in [0.2, 0.25) is 0 Å². The Morgan fingerprint density at radius 1 is 0.429 bits per heavy atom. The largest absolute Gasteiger partial charge is 0.412 e. The van der Waals surface area contributed by atoms with Gasteiger partial charge in [0.25, 0.3) is 0 Å². The van der Waals surface area contributed by atoms with E-state index in [1.165, 1.54) is 0 Å². The maximum atomic E-state index is 6.00. The van der Waals surface area contributed by atoms with Crippen LogP contribution in [0.15, 0.2) is 0 Å². The van der Waals surface area contributed by atoms with Gasteiger partial charge in [-0.3, -0.25) is 10.5 Å². The van der Waals surface area contributed by atoms with Crippen LogP contribution in [0.4, 0.5) is 0 Å². The molecule has 54 valence electrons. The Morgan fingerprint density at radius 3 is 0.429 bits per heavy atom. The summed E-state index contributed by atoms with van der Waals surface area (Å²) in [6.07, 6.45) is 0. The fourth-order valence-corrected chi connectivity index (χ4v) is 0. The summed E-state index contributed by atoms with van der Waals surface area (Å²) in [5, 5.41) is 12.0. The summed E-state index contributed by atoms with van der Waals surface area (Å²) in [5.74, 6) is 0. The second-order valence-electron chi connectivity index (χ2n) is 0. The molecule has 0 radical (unpaired) electrons. The van der Waals surface area contributed by atoms with Gasteiger partial charge >= 0.3 is 0 Å². The van der Waals surface area contributed by atoms with E-state index in [0.717, 1.165) is 0 Å².